The third-order valence-electron chi connectivity index (χ3n) is 2.08. The van der Waals surface area contributed by atoms with Gasteiger partial charge in [0.1, 0.15) is 5.75 Å². The summed E-state index contributed by atoms with van der Waals surface area (Å²) in [4.78, 5) is 11.5. The van der Waals surface area contributed by atoms with E-state index < -0.39 is 21.5 Å². The average molecular weight is 335 g/mol. The van der Waals surface area contributed by atoms with Gasteiger partial charge >= 0.3 is 0 Å². The third kappa shape index (κ3) is 3.99. The van der Waals surface area contributed by atoms with Crippen LogP contribution in [0.25, 0.3) is 0 Å². The van der Waals surface area contributed by atoms with Gasteiger partial charge in [-0.3, -0.25) is 4.79 Å². The molecule has 0 spiro atoms. The molecule has 0 saturated heterocycles. The smallest absolute Gasteiger partial charge is 0.235 e. The average Bonchev–Trinajstić information content (AvgIpc) is 2.19. The maximum absolute atomic E-state index is 12.0. The van der Waals surface area contributed by atoms with E-state index in [1.165, 1.54) is 12.1 Å². The molecule has 18 heavy (non-hydrogen) atoms. The van der Waals surface area contributed by atoms with Crippen LogP contribution in [0.2, 0.25) is 0 Å². The number of hydrogen-bond acceptors (Lipinski definition) is 4. The molecule has 0 bridgehead atoms. The van der Waals surface area contributed by atoms with Crippen molar-refractivity contribution in [2.45, 2.75) is 24.8 Å². The highest BCUT2D eigenvalue weighted by Crippen LogP contribution is 2.23. The van der Waals surface area contributed by atoms with Gasteiger partial charge in [-0.1, -0.05) is 15.9 Å². The number of anilines is 1. The first kappa shape index (κ1) is 15.0. The number of carbonyl (C=O) groups excluding carboxylic acids is 1. The van der Waals surface area contributed by atoms with Crippen LogP contribution >= 0.6 is 15.9 Å². The normalized spacial score (nSPS) is 11.6. The summed E-state index contributed by atoms with van der Waals surface area (Å²) < 4.78 is 24.7. The van der Waals surface area contributed by atoms with Crippen molar-refractivity contribution in [3.8, 4) is 0 Å². The van der Waals surface area contributed by atoms with Gasteiger partial charge in [-0.05, 0) is 32.0 Å². The summed E-state index contributed by atoms with van der Waals surface area (Å²) >= 11 is 3.17. The summed E-state index contributed by atoms with van der Waals surface area (Å²) in [6, 6.07) is 4.42. The van der Waals surface area contributed by atoms with Gasteiger partial charge in [-0.15, -0.1) is 0 Å². The Hall–Kier alpha value is -1.08. The maximum atomic E-state index is 12.0. The summed E-state index contributed by atoms with van der Waals surface area (Å²) in [5, 5.41) is 2.53. The fourth-order valence-corrected chi connectivity index (χ4v) is 3.22. The molecular weight excluding hydrogens is 320 g/mol. The van der Waals surface area contributed by atoms with Crippen molar-refractivity contribution in [3.63, 3.8) is 0 Å². The van der Waals surface area contributed by atoms with Gasteiger partial charge in [-0.25, -0.2) is 8.42 Å². The Bertz CT molecular complexity index is 555. The molecule has 0 aliphatic carbocycles. The van der Waals surface area contributed by atoms with Crippen LogP contribution in [0.5, 0.6) is 0 Å². The summed E-state index contributed by atoms with van der Waals surface area (Å²) in [6.07, 6.45) is 0. The van der Waals surface area contributed by atoms with Gasteiger partial charge in [0.05, 0.1) is 10.6 Å². The lowest BCUT2D eigenvalue weighted by molar-refractivity contribution is -0.119. The van der Waals surface area contributed by atoms with E-state index in [0.717, 1.165) is 0 Å². The van der Waals surface area contributed by atoms with Crippen LogP contribution < -0.4 is 11.1 Å². The number of nitrogens with one attached hydrogen (secondary N) is 1. The fraction of sp³-hybridized carbons (Fsp3) is 0.364. The number of rotatable bonds is 4. The molecule has 0 aromatic heterocycles. The van der Waals surface area contributed by atoms with Crippen LogP contribution in [0.3, 0.4) is 0 Å². The van der Waals surface area contributed by atoms with Gasteiger partial charge in [-0.2, -0.15) is 0 Å². The minimum atomic E-state index is -3.73. The first-order valence-electron chi connectivity index (χ1n) is 5.29. The van der Waals surface area contributed by atoms with Crippen LogP contribution in [0.15, 0.2) is 27.6 Å². The highest BCUT2D eigenvalue weighted by Gasteiger charge is 2.22. The zero-order valence-corrected chi connectivity index (χ0v) is 12.5. The number of hydrogen-bond donors (Lipinski definition) is 2. The summed E-state index contributed by atoms with van der Waals surface area (Å²) in [5.41, 5.74) is 5.76. The van der Waals surface area contributed by atoms with Crippen LogP contribution in [-0.4, -0.2) is 26.1 Å². The van der Waals surface area contributed by atoms with Gasteiger partial charge < -0.3 is 11.1 Å². The van der Waals surface area contributed by atoms with Crippen LogP contribution in [-0.2, 0) is 14.6 Å². The van der Waals surface area contributed by atoms with E-state index >= 15 is 0 Å². The number of sulfone groups is 1. The van der Waals surface area contributed by atoms with E-state index in [0.29, 0.717) is 4.47 Å². The quantitative estimate of drug-likeness (QED) is 0.813. The fourth-order valence-electron chi connectivity index (χ4n) is 1.39. The Balaban J connectivity index is 3.00. The lowest BCUT2D eigenvalue weighted by Gasteiger charge is -2.10. The van der Waals surface area contributed by atoms with Crippen LogP contribution in [0.4, 0.5) is 5.69 Å². The lowest BCUT2D eigenvalue weighted by atomic mass is 10.3. The Kier molecular flexibility index (Phi) is 4.75. The van der Waals surface area contributed by atoms with Gasteiger partial charge in [0, 0.05) is 10.5 Å². The second kappa shape index (κ2) is 5.71. The topological polar surface area (TPSA) is 89.3 Å². The number of carbonyl (C=O) groups is 1. The Morgan fingerprint density at radius 2 is 2.06 bits per heavy atom. The van der Waals surface area contributed by atoms with Crippen LogP contribution in [0.1, 0.15) is 13.8 Å². The van der Waals surface area contributed by atoms with Gasteiger partial charge in [0.15, 0.2) is 9.84 Å². The standard InChI is InChI=1S/C11H15BrN2O3S/c1-7(2)14-11(15)6-18(16,17)10-5-8(12)3-4-9(10)13/h3-5,7H,6,13H2,1-2H3,(H,14,15). The zero-order valence-electron chi connectivity index (χ0n) is 10.1. The van der Waals surface area contributed by atoms with Crippen molar-refractivity contribution in [3.05, 3.63) is 22.7 Å². The molecular formula is C11H15BrN2O3S. The van der Waals surface area contributed by atoms with Gasteiger partial charge in [0.2, 0.25) is 5.91 Å². The molecule has 1 rings (SSSR count). The summed E-state index contributed by atoms with van der Waals surface area (Å²) in [6.45, 7) is 3.52. The molecule has 5 nitrogen and oxygen atoms in total. The first-order chi connectivity index (χ1) is 8.22. The SMILES string of the molecule is CC(C)NC(=O)CS(=O)(=O)c1cc(Br)ccc1N. The zero-order chi connectivity index (χ0) is 13.9. The molecule has 0 atom stereocenters. The molecule has 0 saturated carbocycles. The molecule has 1 aromatic rings. The minimum Gasteiger partial charge on any atom is -0.398 e. The van der Waals surface area contributed by atoms with Crippen molar-refractivity contribution < 1.29 is 13.2 Å². The number of nitrogens with two attached hydrogens (primary N) is 1. The molecule has 0 aliphatic heterocycles. The minimum absolute atomic E-state index is 0.0317. The van der Waals surface area contributed by atoms with E-state index in [-0.39, 0.29) is 16.6 Å². The van der Waals surface area contributed by atoms with Crippen LogP contribution in [0, 0.1) is 0 Å². The lowest BCUT2D eigenvalue weighted by Crippen LogP contribution is -2.35. The highest BCUT2D eigenvalue weighted by atomic mass is 79.9. The van der Waals surface area contributed by atoms with E-state index in [2.05, 4.69) is 21.2 Å². The number of nitrogen functional groups attached to an aromatic ring is 1. The predicted octanol–water partition coefficient (Wildman–Crippen LogP) is 1.33. The molecule has 100 valence electrons. The van der Waals surface area contributed by atoms with E-state index in [1.807, 2.05) is 0 Å². The Morgan fingerprint density at radius 3 is 2.61 bits per heavy atom. The largest absolute Gasteiger partial charge is 0.398 e. The molecule has 0 heterocycles. The molecule has 0 fully saturated rings. The van der Waals surface area contributed by atoms with Crippen molar-refractivity contribution in [1.29, 1.82) is 0 Å². The molecule has 7 heteroatoms. The highest BCUT2D eigenvalue weighted by molar-refractivity contribution is 9.10. The molecule has 0 aliphatic rings. The molecule has 3 N–H and O–H groups in total. The number of benzene rings is 1. The second-order valence-corrected chi connectivity index (χ2v) is 7.04. The van der Waals surface area contributed by atoms with E-state index in [9.17, 15) is 13.2 Å². The molecule has 0 radical (unpaired) electrons. The predicted molar refractivity (Wildman–Crippen MR) is 73.9 cm³/mol. The van der Waals surface area contributed by atoms with E-state index in [1.54, 1.807) is 19.9 Å². The number of amides is 1. The van der Waals surface area contributed by atoms with Crippen molar-refractivity contribution in [2.75, 3.05) is 11.5 Å². The molecule has 1 amide bonds. The molecule has 1 aromatic carbocycles. The summed E-state index contributed by atoms with van der Waals surface area (Å²) in [7, 11) is -3.73. The van der Waals surface area contributed by atoms with Crippen molar-refractivity contribution in [2.24, 2.45) is 0 Å². The van der Waals surface area contributed by atoms with Crippen molar-refractivity contribution in [1.82, 2.24) is 5.32 Å². The van der Waals surface area contributed by atoms with Crippen molar-refractivity contribution >= 4 is 37.4 Å². The second-order valence-electron chi connectivity index (χ2n) is 4.16. The molecule has 0 unspecified atom stereocenters. The third-order valence-corrected chi connectivity index (χ3v) is 4.24. The maximum Gasteiger partial charge on any atom is 0.235 e. The first-order valence-corrected chi connectivity index (χ1v) is 7.74. The number of halogens is 1. The monoisotopic (exact) mass is 334 g/mol. The Labute approximate surface area is 115 Å². The van der Waals surface area contributed by atoms with Gasteiger partial charge in [0.25, 0.3) is 0 Å². The summed E-state index contributed by atoms with van der Waals surface area (Å²) in [5.74, 6) is -1.14. The van der Waals surface area contributed by atoms with E-state index in [4.69, 9.17) is 5.73 Å². The Morgan fingerprint density at radius 1 is 1.44 bits per heavy atom.